The first-order valence-corrected chi connectivity index (χ1v) is 8.87. The van der Waals surface area contributed by atoms with E-state index in [9.17, 15) is 13.6 Å². The van der Waals surface area contributed by atoms with Crippen LogP contribution in [0.15, 0.2) is 42.6 Å². The molecule has 0 saturated carbocycles. The van der Waals surface area contributed by atoms with E-state index in [0.29, 0.717) is 12.5 Å². The normalized spacial score (nSPS) is 17.0. The third-order valence-corrected chi connectivity index (χ3v) is 4.86. The highest BCUT2D eigenvalue weighted by atomic mass is 19.2. The fraction of sp³-hybridized carbons (Fsp3) is 0.400. The van der Waals surface area contributed by atoms with Crippen LogP contribution in [0, 0.1) is 17.6 Å². The molecule has 1 fully saturated rings. The van der Waals surface area contributed by atoms with Gasteiger partial charge in [-0.25, -0.2) is 8.78 Å². The quantitative estimate of drug-likeness (QED) is 0.889. The number of carbonyl (C=O) groups is 1. The number of halogens is 2. The first-order valence-electron chi connectivity index (χ1n) is 8.87. The van der Waals surface area contributed by atoms with E-state index < -0.39 is 11.6 Å². The standard InChI is InChI=1S/C20H23F2N3O/c1-14(26)24-20(19-4-2-3-9-23-19)16-7-10-25(11-8-16)13-15-5-6-17(21)18(22)12-15/h2-6,9,12,16,20H,7-8,10-11,13H2,1H3,(H,24,26)/t20-/m1/s1. The third-order valence-electron chi connectivity index (χ3n) is 4.86. The van der Waals surface area contributed by atoms with Crippen molar-refractivity contribution in [2.75, 3.05) is 13.1 Å². The van der Waals surface area contributed by atoms with Crippen LogP contribution in [0.3, 0.4) is 0 Å². The van der Waals surface area contributed by atoms with E-state index in [0.717, 1.165) is 37.2 Å². The molecule has 138 valence electrons. The van der Waals surface area contributed by atoms with Crippen LogP contribution >= 0.6 is 0 Å². The minimum Gasteiger partial charge on any atom is -0.348 e. The average molecular weight is 359 g/mol. The third kappa shape index (κ3) is 4.64. The van der Waals surface area contributed by atoms with Crippen molar-refractivity contribution in [3.05, 3.63) is 65.5 Å². The summed E-state index contributed by atoms with van der Waals surface area (Å²) in [6.07, 6.45) is 3.55. The van der Waals surface area contributed by atoms with Gasteiger partial charge in [-0.1, -0.05) is 12.1 Å². The Kier molecular flexibility index (Phi) is 5.93. The monoisotopic (exact) mass is 359 g/mol. The number of amides is 1. The van der Waals surface area contributed by atoms with Crippen LogP contribution < -0.4 is 5.32 Å². The molecular weight excluding hydrogens is 336 g/mol. The lowest BCUT2D eigenvalue weighted by Crippen LogP contribution is -2.40. The van der Waals surface area contributed by atoms with Crippen LogP contribution in [0.4, 0.5) is 8.78 Å². The number of benzene rings is 1. The summed E-state index contributed by atoms with van der Waals surface area (Å²) in [7, 11) is 0. The molecular formula is C20H23F2N3O. The Hall–Kier alpha value is -2.34. The summed E-state index contributed by atoms with van der Waals surface area (Å²) in [5, 5.41) is 3.03. The van der Waals surface area contributed by atoms with E-state index in [4.69, 9.17) is 0 Å². The summed E-state index contributed by atoms with van der Waals surface area (Å²) in [5.74, 6) is -1.39. The number of hydrogen-bond acceptors (Lipinski definition) is 3. The van der Waals surface area contributed by atoms with Gasteiger partial charge in [0.1, 0.15) is 0 Å². The van der Waals surface area contributed by atoms with Crippen molar-refractivity contribution in [3.8, 4) is 0 Å². The second-order valence-corrected chi connectivity index (χ2v) is 6.79. The zero-order valence-corrected chi connectivity index (χ0v) is 14.8. The van der Waals surface area contributed by atoms with Crippen molar-refractivity contribution < 1.29 is 13.6 Å². The molecule has 0 bridgehead atoms. The molecule has 0 unspecified atom stereocenters. The Balaban J connectivity index is 1.62. The predicted molar refractivity (Wildman–Crippen MR) is 95.2 cm³/mol. The van der Waals surface area contributed by atoms with Crippen molar-refractivity contribution in [3.63, 3.8) is 0 Å². The summed E-state index contributed by atoms with van der Waals surface area (Å²) < 4.78 is 26.4. The highest BCUT2D eigenvalue weighted by molar-refractivity contribution is 5.73. The van der Waals surface area contributed by atoms with Gasteiger partial charge < -0.3 is 5.32 Å². The van der Waals surface area contributed by atoms with Gasteiger partial charge in [-0.15, -0.1) is 0 Å². The van der Waals surface area contributed by atoms with Gasteiger partial charge in [0.15, 0.2) is 11.6 Å². The summed E-state index contributed by atoms with van der Waals surface area (Å²) in [6, 6.07) is 9.68. The van der Waals surface area contributed by atoms with E-state index >= 15 is 0 Å². The van der Waals surface area contributed by atoms with Gasteiger partial charge in [0.25, 0.3) is 0 Å². The van der Waals surface area contributed by atoms with Crippen molar-refractivity contribution in [2.24, 2.45) is 5.92 Å². The highest BCUT2D eigenvalue weighted by Gasteiger charge is 2.29. The number of piperidine rings is 1. The summed E-state index contributed by atoms with van der Waals surface area (Å²) >= 11 is 0. The van der Waals surface area contributed by atoms with Gasteiger partial charge in [-0.2, -0.15) is 0 Å². The zero-order chi connectivity index (χ0) is 18.5. The topological polar surface area (TPSA) is 45.2 Å². The average Bonchev–Trinajstić information content (AvgIpc) is 2.64. The van der Waals surface area contributed by atoms with Crippen LogP contribution in [-0.2, 0) is 11.3 Å². The number of nitrogens with zero attached hydrogens (tertiary/aromatic N) is 2. The number of rotatable bonds is 5. The zero-order valence-electron chi connectivity index (χ0n) is 14.8. The van der Waals surface area contributed by atoms with E-state index in [1.807, 2.05) is 18.2 Å². The molecule has 26 heavy (non-hydrogen) atoms. The molecule has 1 aromatic carbocycles. The predicted octanol–water partition coefficient (Wildman–Crippen LogP) is 3.45. The molecule has 3 rings (SSSR count). The lowest BCUT2D eigenvalue weighted by Gasteiger charge is -2.36. The number of likely N-dealkylation sites (tertiary alicyclic amines) is 1. The molecule has 1 atom stereocenters. The van der Waals surface area contributed by atoms with Crippen molar-refractivity contribution in [1.29, 1.82) is 0 Å². The van der Waals surface area contributed by atoms with Gasteiger partial charge >= 0.3 is 0 Å². The molecule has 1 amide bonds. The molecule has 1 aliphatic rings. The Morgan fingerprint density at radius 3 is 2.62 bits per heavy atom. The van der Waals surface area contributed by atoms with E-state index in [1.165, 1.54) is 19.1 Å². The molecule has 2 aromatic rings. The fourth-order valence-corrected chi connectivity index (χ4v) is 3.55. The highest BCUT2D eigenvalue weighted by Crippen LogP contribution is 2.30. The molecule has 0 radical (unpaired) electrons. The first-order chi connectivity index (χ1) is 12.5. The van der Waals surface area contributed by atoms with Crippen LogP contribution in [-0.4, -0.2) is 28.9 Å². The summed E-state index contributed by atoms with van der Waals surface area (Å²) in [6.45, 7) is 3.80. The molecule has 1 aliphatic heterocycles. The smallest absolute Gasteiger partial charge is 0.217 e. The van der Waals surface area contributed by atoms with Crippen LogP contribution in [0.2, 0.25) is 0 Å². The molecule has 0 aliphatic carbocycles. The van der Waals surface area contributed by atoms with Gasteiger partial charge in [0.2, 0.25) is 5.91 Å². The van der Waals surface area contributed by atoms with Crippen LogP contribution in [0.25, 0.3) is 0 Å². The van der Waals surface area contributed by atoms with Gasteiger partial charge in [0.05, 0.1) is 11.7 Å². The maximum Gasteiger partial charge on any atom is 0.217 e. The molecule has 1 N–H and O–H groups in total. The number of hydrogen-bond donors (Lipinski definition) is 1. The summed E-state index contributed by atoms with van der Waals surface area (Å²) in [5.41, 5.74) is 1.65. The Labute approximate surface area is 152 Å². The molecule has 1 aromatic heterocycles. The summed E-state index contributed by atoms with van der Waals surface area (Å²) in [4.78, 5) is 18.3. The molecule has 2 heterocycles. The first kappa shape index (κ1) is 18.5. The second-order valence-electron chi connectivity index (χ2n) is 6.79. The fourth-order valence-electron chi connectivity index (χ4n) is 3.55. The van der Waals surface area contributed by atoms with E-state index in [-0.39, 0.29) is 11.9 Å². The van der Waals surface area contributed by atoms with Crippen LogP contribution in [0.5, 0.6) is 0 Å². The lowest BCUT2D eigenvalue weighted by atomic mass is 9.87. The molecule has 6 heteroatoms. The number of pyridine rings is 1. The number of carbonyl (C=O) groups excluding carboxylic acids is 1. The maximum atomic E-state index is 13.4. The Morgan fingerprint density at radius 2 is 2.00 bits per heavy atom. The van der Waals surface area contributed by atoms with Gasteiger partial charge in [0, 0.05) is 19.7 Å². The van der Waals surface area contributed by atoms with E-state index in [2.05, 4.69) is 15.2 Å². The Morgan fingerprint density at radius 1 is 1.23 bits per heavy atom. The largest absolute Gasteiger partial charge is 0.348 e. The van der Waals surface area contributed by atoms with Gasteiger partial charge in [-0.05, 0) is 61.7 Å². The Bertz CT molecular complexity index is 746. The van der Waals surface area contributed by atoms with Crippen molar-refractivity contribution >= 4 is 5.91 Å². The maximum absolute atomic E-state index is 13.4. The number of nitrogens with one attached hydrogen (secondary N) is 1. The molecule has 1 saturated heterocycles. The van der Waals surface area contributed by atoms with Crippen molar-refractivity contribution in [1.82, 2.24) is 15.2 Å². The van der Waals surface area contributed by atoms with E-state index in [1.54, 1.807) is 12.3 Å². The minimum atomic E-state index is -0.819. The lowest BCUT2D eigenvalue weighted by molar-refractivity contribution is -0.120. The number of aromatic nitrogens is 1. The van der Waals surface area contributed by atoms with Gasteiger partial charge in [-0.3, -0.25) is 14.7 Å². The molecule has 0 spiro atoms. The SMILES string of the molecule is CC(=O)N[C@@H](c1ccccn1)C1CCN(Cc2ccc(F)c(F)c2)CC1. The molecule has 4 nitrogen and oxygen atoms in total. The minimum absolute atomic E-state index is 0.0649. The van der Waals surface area contributed by atoms with Crippen molar-refractivity contribution in [2.45, 2.75) is 32.4 Å². The van der Waals surface area contributed by atoms with Crippen LogP contribution in [0.1, 0.15) is 37.1 Å². The second kappa shape index (κ2) is 8.36.